The highest BCUT2D eigenvalue weighted by atomic mass is 19.1. The van der Waals surface area contributed by atoms with Crippen molar-refractivity contribution < 1.29 is 18.3 Å². The lowest BCUT2D eigenvalue weighted by Gasteiger charge is -2.14. The summed E-state index contributed by atoms with van der Waals surface area (Å²) in [5, 5.41) is 5.57. The Balaban J connectivity index is 1.80. The van der Waals surface area contributed by atoms with E-state index in [2.05, 4.69) is 20.6 Å². The molecule has 0 atom stereocenters. The number of amides is 1. The molecule has 9 heteroatoms. The fraction of sp³-hybridized carbons (Fsp3) is 0.136. The van der Waals surface area contributed by atoms with E-state index in [1.807, 2.05) is 30.3 Å². The van der Waals surface area contributed by atoms with Gasteiger partial charge in [0.2, 0.25) is 5.95 Å². The number of carbonyl (C=O) groups is 1. The Morgan fingerprint density at radius 3 is 2.55 bits per heavy atom. The van der Waals surface area contributed by atoms with Gasteiger partial charge in [-0.15, -0.1) is 0 Å². The van der Waals surface area contributed by atoms with Gasteiger partial charge >= 0.3 is 0 Å². The second-order valence-corrected chi connectivity index (χ2v) is 6.65. The molecule has 2 aromatic heterocycles. The summed E-state index contributed by atoms with van der Waals surface area (Å²) in [6, 6.07) is 11.5. The molecular formula is C22H19F2N5O2. The standard InChI is InChI=1S/C22H19F2N5O2/c1-25-21(30)18-19-14(13-6-4-3-5-7-13)10-26-22(29(19)12-28-18)27-11-15-16(23)8-9-17(24)20(15)31-2/h3-10,12H,11H2,1-2H3,(H,25,30)(H,26,27). The molecule has 0 aliphatic carbocycles. The molecule has 0 radical (unpaired) electrons. The minimum atomic E-state index is -0.664. The van der Waals surface area contributed by atoms with Gasteiger partial charge in [-0.3, -0.25) is 9.20 Å². The average molecular weight is 423 g/mol. The zero-order valence-corrected chi connectivity index (χ0v) is 16.8. The van der Waals surface area contributed by atoms with Crippen molar-refractivity contribution in [2.75, 3.05) is 19.5 Å². The van der Waals surface area contributed by atoms with Crippen LogP contribution in [0.3, 0.4) is 0 Å². The number of aromatic nitrogens is 3. The summed E-state index contributed by atoms with van der Waals surface area (Å²) in [7, 11) is 2.80. The smallest absolute Gasteiger partial charge is 0.271 e. The first-order valence-corrected chi connectivity index (χ1v) is 9.43. The molecule has 0 unspecified atom stereocenters. The summed E-state index contributed by atoms with van der Waals surface area (Å²) >= 11 is 0. The molecule has 0 fully saturated rings. The second kappa shape index (κ2) is 8.39. The Hall–Kier alpha value is -4.01. The highest BCUT2D eigenvalue weighted by Gasteiger charge is 2.20. The Morgan fingerprint density at radius 1 is 1.10 bits per heavy atom. The summed E-state index contributed by atoms with van der Waals surface area (Å²) in [6.07, 6.45) is 3.07. The molecule has 2 aromatic carbocycles. The first-order valence-electron chi connectivity index (χ1n) is 9.43. The van der Waals surface area contributed by atoms with E-state index in [-0.39, 0.29) is 29.5 Å². The molecule has 4 rings (SSSR count). The van der Waals surface area contributed by atoms with E-state index < -0.39 is 11.6 Å². The summed E-state index contributed by atoms with van der Waals surface area (Å²) in [6.45, 7) is -0.0902. The minimum Gasteiger partial charge on any atom is -0.493 e. The molecule has 31 heavy (non-hydrogen) atoms. The minimum absolute atomic E-state index is 0.0243. The van der Waals surface area contributed by atoms with Crippen molar-refractivity contribution in [2.24, 2.45) is 0 Å². The first kappa shape index (κ1) is 20.3. The van der Waals surface area contributed by atoms with E-state index in [0.29, 0.717) is 17.0 Å². The van der Waals surface area contributed by atoms with E-state index in [9.17, 15) is 13.6 Å². The van der Waals surface area contributed by atoms with Crippen molar-refractivity contribution in [1.82, 2.24) is 19.7 Å². The lowest BCUT2D eigenvalue weighted by atomic mass is 10.1. The number of methoxy groups -OCH3 is 1. The maximum absolute atomic E-state index is 14.3. The summed E-state index contributed by atoms with van der Waals surface area (Å²) in [5.74, 6) is -1.50. The SMILES string of the molecule is CNC(=O)c1ncn2c(NCc3c(F)ccc(F)c3OC)ncc(-c3ccccc3)c12. The summed E-state index contributed by atoms with van der Waals surface area (Å²) < 4.78 is 34.9. The number of benzene rings is 2. The van der Waals surface area contributed by atoms with Gasteiger partial charge in [0.25, 0.3) is 5.91 Å². The highest BCUT2D eigenvalue weighted by Crippen LogP contribution is 2.30. The average Bonchev–Trinajstić information content (AvgIpc) is 3.25. The van der Waals surface area contributed by atoms with Crippen molar-refractivity contribution in [2.45, 2.75) is 6.54 Å². The first-order chi connectivity index (χ1) is 15.0. The maximum Gasteiger partial charge on any atom is 0.271 e. The topological polar surface area (TPSA) is 80.6 Å². The molecule has 2 N–H and O–H groups in total. The number of nitrogens with one attached hydrogen (secondary N) is 2. The molecule has 7 nitrogen and oxygen atoms in total. The van der Waals surface area contributed by atoms with Crippen LogP contribution in [-0.2, 0) is 6.54 Å². The number of hydrogen-bond donors (Lipinski definition) is 2. The molecule has 0 saturated heterocycles. The molecule has 2 heterocycles. The number of fused-ring (bicyclic) bond motifs is 1. The van der Waals surface area contributed by atoms with Crippen LogP contribution >= 0.6 is 0 Å². The van der Waals surface area contributed by atoms with Crippen LogP contribution in [0.5, 0.6) is 5.75 Å². The third-order valence-corrected chi connectivity index (χ3v) is 4.88. The number of carbonyl (C=O) groups excluding carboxylic acids is 1. The van der Waals surface area contributed by atoms with Crippen LogP contribution in [0.2, 0.25) is 0 Å². The van der Waals surface area contributed by atoms with Crippen LogP contribution < -0.4 is 15.4 Å². The van der Waals surface area contributed by atoms with Gasteiger partial charge in [0, 0.05) is 25.4 Å². The lowest BCUT2D eigenvalue weighted by Crippen LogP contribution is -2.19. The molecule has 1 amide bonds. The number of halogens is 2. The molecule has 0 spiro atoms. The van der Waals surface area contributed by atoms with Crippen LogP contribution in [0.25, 0.3) is 16.6 Å². The Bertz CT molecular complexity index is 1260. The van der Waals surface area contributed by atoms with Crippen LogP contribution in [0.4, 0.5) is 14.7 Å². The van der Waals surface area contributed by atoms with Crippen molar-refractivity contribution in [1.29, 1.82) is 0 Å². The van der Waals surface area contributed by atoms with Crippen molar-refractivity contribution >= 4 is 17.4 Å². The van der Waals surface area contributed by atoms with E-state index in [1.54, 1.807) is 10.6 Å². The Labute approximate surface area is 176 Å². The highest BCUT2D eigenvalue weighted by molar-refractivity contribution is 6.03. The fourth-order valence-electron chi connectivity index (χ4n) is 3.39. The van der Waals surface area contributed by atoms with Gasteiger partial charge in [-0.1, -0.05) is 30.3 Å². The molecule has 0 aliphatic heterocycles. The van der Waals surface area contributed by atoms with Crippen molar-refractivity contribution in [3.63, 3.8) is 0 Å². The van der Waals surface area contributed by atoms with Crippen LogP contribution in [0.1, 0.15) is 16.1 Å². The molecule has 0 aliphatic rings. The summed E-state index contributed by atoms with van der Waals surface area (Å²) in [5.41, 5.74) is 2.35. The van der Waals surface area contributed by atoms with Gasteiger partial charge in [0.15, 0.2) is 17.3 Å². The molecule has 158 valence electrons. The predicted molar refractivity (Wildman–Crippen MR) is 112 cm³/mol. The molecule has 4 aromatic rings. The maximum atomic E-state index is 14.3. The van der Waals surface area contributed by atoms with E-state index in [0.717, 1.165) is 17.7 Å². The largest absolute Gasteiger partial charge is 0.493 e. The number of rotatable bonds is 6. The zero-order valence-electron chi connectivity index (χ0n) is 16.8. The zero-order chi connectivity index (χ0) is 22.0. The molecular weight excluding hydrogens is 404 g/mol. The number of imidazole rings is 1. The number of nitrogens with zero attached hydrogens (tertiary/aromatic N) is 3. The van der Waals surface area contributed by atoms with Crippen LogP contribution in [0, 0.1) is 11.6 Å². The molecule has 0 saturated carbocycles. The fourth-order valence-corrected chi connectivity index (χ4v) is 3.39. The van der Waals surface area contributed by atoms with Crippen LogP contribution in [-0.4, -0.2) is 34.4 Å². The van der Waals surface area contributed by atoms with Gasteiger partial charge in [-0.2, -0.15) is 0 Å². The van der Waals surface area contributed by atoms with E-state index >= 15 is 0 Å². The van der Waals surface area contributed by atoms with Gasteiger partial charge in [-0.25, -0.2) is 18.7 Å². The Kier molecular flexibility index (Phi) is 5.48. The normalized spacial score (nSPS) is 10.8. The number of hydrogen-bond acceptors (Lipinski definition) is 5. The predicted octanol–water partition coefficient (Wildman–Crippen LogP) is 3.65. The second-order valence-electron chi connectivity index (χ2n) is 6.65. The van der Waals surface area contributed by atoms with Gasteiger partial charge in [0.05, 0.1) is 18.2 Å². The third kappa shape index (κ3) is 3.65. The van der Waals surface area contributed by atoms with Gasteiger partial charge < -0.3 is 15.4 Å². The monoisotopic (exact) mass is 423 g/mol. The van der Waals surface area contributed by atoms with Crippen molar-refractivity contribution in [3.8, 4) is 16.9 Å². The van der Waals surface area contributed by atoms with Gasteiger partial charge in [0.1, 0.15) is 12.1 Å². The van der Waals surface area contributed by atoms with Gasteiger partial charge in [-0.05, 0) is 17.7 Å². The van der Waals surface area contributed by atoms with E-state index in [4.69, 9.17) is 4.74 Å². The third-order valence-electron chi connectivity index (χ3n) is 4.88. The van der Waals surface area contributed by atoms with E-state index in [1.165, 1.54) is 20.5 Å². The van der Waals surface area contributed by atoms with Crippen molar-refractivity contribution in [3.05, 3.63) is 77.9 Å². The summed E-state index contributed by atoms with van der Waals surface area (Å²) in [4.78, 5) is 21.1. The molecule has 0 bridgehead atoms. The quantitative estimate of drug-likeness (QED) is 0.495. The Morgan fingerprint density at radius 2 is 1.84 bits per heavy atom. The number of anilines is 1. The van der Waals surface area contributed by atoms with Crippen LogP contribution in [0.15, 0.2) is 55.0 Å². The number of ether oxygens (including phenoxy) is 1. The lowest BCUT2D eigenvalue weighted by molar-refractivity contribution is 0.0960.